The van der Waals surface area contributed by atoms with Gasteiger partial charge in [0, 0.05) is 6.04 Å². The van der Waals surface area contributed by atoms with Crippen LogP contribution in [0.2, 0.25) is 0 Å². The Morgan fingerprint density at radius 3 is 2.50 bits per heavy atom. The molecule has 0 aromatic carbocycles. The van der Waals surface area contributed by atoms with E-state index < -0.39 is 0 Å². The molecule has 0 aromatic heterocycles. The van der Waals surface area contributed by atoms with Crippen molar-refractivity contribution in [3.8, 4) is 0 Å². The van der Waals surface area contributed by atoms with E-state index in [1.807, 2.05) is 0 Å². The maximum Gasteiger partial charge on any atom is 0.0118 e. The molecule has 2 aliphatic rings. The standard InChI is InChI=1S/C16H32N2/c1-14-7-12-18(13-8-14)11-5-10-17-15-6-4-9-16(15,2)3/h14-15,17H,4-13H2,1-3H3. The van der Waals surface area contributed by atoms with Gasteiger partial charge < -0.3 is 10.2 Å². The Morgan fingerprint density at radius 1 is 1.17 bits per heavy atom. The summed E-state index contributed by atoms with van der Waals surface area (Å²) in [6.07, 6.45) is 8.32. The first-order valence-electron chi connectivity index (χ1n) is 8.04. The summed E-state index contributed by atoms with van der Waals surface area (Å²) >= 11 is 0. The zero-order chi connectivity index (χ0) is 13.0. The molecule has 2 nitrogen and oxygen atoms in total. The van der Waals surface area contributed by atoms with Crippen molar-refractivity contribution in [2.45, 2.75) is 65.3 Å². The Kier molecular flexibility index (Phi) is 5.08. The van der Waals surface area contributed by atoms with Crippen LogP contribution in [0.25, 0.3) is 0 Å². The Labute approximate surface area is 114 Å². The SMILES string of the molecule is CC1CCN(CCCNC2CCCC2(C)C)CC1. The molecule has 0 radical (unpaired) electrons. The van der Waals surface area contributed by atoms with Gasteiger partial charge in [0.05, 0.1) is 0 Å². The van der Waals surface area contributed by atoms with Crippen LogP contribution in [0.5, 0.6) is 0 Å². The van der Waals surface area contributed by atoms with Gasteiger partial charge in [0.15, 0.2) is 0 Å². The minimum Gasteiger partial charge on any atom is -0.313 e. The minimum atomic E-state index is 0.528. The van der Waals surface area contributed by atoms with E-state index >= 15 is 0 Å². The molecule has 1 saturated heterocycles. The van der Waals surface area contributed by atoms with Crippen LogP contribution in [0.3, 0.4) is 0 Å². The maximum absolute atomic E-state index is 3.79. The Balaban J connectivity index is 1.56. The molecule has 0 aromatic rings. The predicted molar refractivity (Wildman–Crippen MR) is 78.9 cm³/mol. The first-order valence-corrected chi connectivity index (χ1v) is 8.04. The number of hydrogen-bond donors (Lipinski definition) is 1. The molecule has 2 fully saturated rings. The molecule has 18 heavy (non-hydrogen) atoms. The van der Waals surface area contributed by atoms with Gasteiger partial charge in [-0.2, -0.15) is 0 Å². The molecule has 1 atom stereocenters. The largest absolute Gasteiger partial charge is 0.313 e. The first-order chi connectivity index (χ1) is 8.58. The normalized spacial score (nSPS) is 29.8. The summed E-state index contributed by atoms with van der Waals surface area (Å²) in [5.41, 5.74) is 0.528. The topological polar surface area (TPSA) is 15.3 Å². The van der Waals surface area contributed by atoms with Crippen LogP contribution in [-0.2, 0) is 0 Å². The number of rotatable bonds is 5. The van der Waals surface area contributed by atoms with Crippen molar-refractivity contribution in [3.63, 3.8) is 0 Å². The molecule has 1 N–H and O–H groups in total. The fourth-order valence-electron chi connectivity index (χ4n) is 3.57. The lowest BCUT2D eigenvalue weighted by atomic mass is 9.87. The van der Waals surface area contributed by atoms with Gasteiger partial charge in [-0.25, -0.2) is 0 Å². The van der Waals surface area contributed by atoms with E-state index in [0.717, 1.165) is 12.0 Å². The van der Waals surface area contributed by atoms with Gasteiger partial charge >= 0.3 is 0 Å². The van der Waals surface area contributed by atoms with Crippen molar-refractivity contribution in [2.75, 3.05) is 26.2 Å². The quantitative estimate of drug-likeness (QED) is 0.755. The molecule has 1 unspecified atom stereocenters. The molecular formula is C16H32N2. The van der Waals surface area contributed by atoms with E-state index in [4.69, 9.17) is 0 Å². The van der Waals surface area contributed by atoms with Crippen LogP contribution in [0.4, 0.5) is 0 Å². The summed E-state index contributed by atoms with van der Waals surface area (Å²) in [7, 11) is 0. The van der Waals surface area contributed by atoms with Gasteiger partial charge in [-0.05, 0) is 69.6 Å². The van der Waals surface area contributed by atoms with Gasteiger partial charge in [0.1, 0.15) is 0 Å². The molecule has 2 rings (SSSR count). The van der Waals surface area contributed by atoms with Crippen LogP contribution < -0.4 is 5.32 Å². The zero-order valence-corrected chi connectivity index (χ0v) is 12.7. The average molecular weight is 252 g/mol. The second-order valence-electron chi connectivity index (χ2n) is 7.27. The molecule has 106 valence electrons. The minimum absolute atomic E-state index is 0.528. The van der Waals surface area contributed by atoms with Crippen molar-refractivity contribution >= 4 is 0 Å². The zero-order valence-electron chi connectivity index (χ0n) is 12.7. The fraction of sp³-hybridized carbons (Fsp3) is 1.00. The van der Waals surface area contributed by atoms with Crippen LogP contribution in [-0.4, -0.2) is 37.1 Å². The number of piperidine rings is 1. The molecule has 2 heteroatoms. The summed E-state index contributed by atoms with van der Waals surface area (Å²) in [6, 6.07) is 0.763. The predicted octanol–water partition coefficient (Wildman–Crippen LogP) is 3.28. The number of hydrogen-bond acceptors (Lipinski definition) is 2. The molecule has 1 heterocycles. The lowest BCUT2D eigenvalue weighted by Crippen LogP contribution is -2.40. The van der Waals surface area contributed by atoms with E-state index in [1.165, 1.54) is 64.7 Å². The third-order valence-electron chi connectivity index (χ3n) is 5.18. The molecule has 1 aliphatic heterocycles. The second kappa shape index (κ2) is 6.38. The summed E-state index contributed by atoms with van der Waals surface area (Å²) in [5, 5.41) is 3.79. The van der Waals surface area contributed by atoms with Crippen molar-refractivity contribution in [1.29, 1.82) is 0 Å². The van der Waals surface area contributed by atoms with Gasteiger partial charge in [0.25, 0.3) is 0 Å². The smallest absolute Gasteiger partial charge is 0.0118 e. The molecule has 0 bridgehead atoms. The van der Waals surface area contributed by atoms with Gasteiger partial charge in [-0.15, -0.1) is 0 Å². The summed E-state index contributed by atoms with van der Waals surface area (Å²) in [5.74, 6) is 0.957. The average Bonchev–Trinajstić information content (AvgIpc) is 2.66. The number of likely N-dealkylation sites (tertiary alicyclic amines) is 1. The summed E-state index contributed by atoms with van der Waals surface area (Å²) < 4.78 is 0. The Hall–Kier alpha value is -0.0800. The summed E-state index contributed by atoms with van der Waals surface area (Å²) in [6.45, 7) is 12.4. The van der Waals surface area contributed by atoms with Crippen molar-refractivity contribution in [2.24, 2.45) is 11.3 Å². The van der Waals surface area contributed by atoms with Gasteiger partial charge in [-0.1, -0.05) is 27.2 Å². The number of nitrogens with one attached hydrogen (secondary N) is 1. The Bertz CT molecular complexity index is 241. The van der Waals surface area contributed by atoms with Crippen molar-refractivity contribution in [3.05, 3.63) is 0 Å². The molecular weight excluding hydrogens is 220 g/mol. The van der Waals surface area contributed by atoms with E-state index in [1.54, 1.807) is 0 Å². The van der Waals surface area contributed by atoms with Gasteiger partial charge in [-0.3, -0.25) is 0 Å². The monoisotopic (exact) mass is 252 g/mol. The van der Waals surface area contributed by atoms with Crippen LogP contribution in [0.1, 0.15) is 59.3 Å². The lowest BCUT2D eigenvalue weighted by molar-refractivity contribution is 0.187. The molecule has 1 aliphatic carbocycles. The van der Waals surface area contributed by atoms with Crippen molar-refractivity contribution in [1.82, 2.24) is 10.2 Å². The Morgan fingerprint density at radius 2 is 1.89 bits per heavy atom. The van der Waals surface area contributed by atoms with Crippen LogP contribution in [0, 0.1) is 11.3 Å². The molecule has 1 saturated carbocycles. The molecule has 0 amide bonds. The number of nitrogens with zero attached hydrogens (tertiary/aromatic N) is 1. The highest BCUT2D eigenvalue weighted by molar-refractivity contribution is 4.90. The first kappa shape index (κ1) is 14.3. The van der Waals surface area contributed by atoms with E-state index in [2.05, 4.69) is 31.0 Å². The molecule has 0 spiro atoms. The van der Waals surface area contributed by atoms with Crippen LogP contribution >= 0.6 is 0 Å². The maximum atomic E-state index is 3.79. The lowest BCUT2D eigenvalue weighted by Gasteiger charge is -2.31. The highest BCUT2D eigenvalue weighted by Crippen LogP contribution is 2.37. The third kappa shape index (κ3) is 3.96. The third-order valence-corrected chi connectivity index (χ3v) is 5.18. The van der Waals surface area contributed by atoms with E-state index in [9.17, 15) is 0 Å². The van der Waals surface area contributed by atoms with E-state index in [-0.39, 0.29) is 0 Å². The second-order valence-corrected chi connectivity index (χ2v) is 7.27. The van der Waals surface area contributed by atoms with Crippen molar-refractivity contribution < 1.29 is 0 Å². The fourth-order valence-corrected chi connectivity index (χ4v) is 3.57. The summed E-state index contributed by atoms with van der Waals surface area (Å²) in [4.78, 5) is 2.65. The van der Waals surface area contributed by atoms with Crippen LogP contribution in [0.15, 0.2) is 0 Å². The highest BCUT2D eigenvalue weighted by Gasteiger charge is 2.33. The van der Waals surface area contributed by atoms with Gasteiger partial charge in [0.2, 0.25) is 0 Å². The highest BCUT2D eigenvalue weighted by atomic mass is 15.1. The van der Waals surface area contributed by atoms with E-state index in [0.29, 0.717) is 5.41 Å².